The fourth-order valence-corrected chi connectivity index (χ4v) is 2.82. The molecule has 0 saturated carbocycles. The summed E-state index contributed by atoms with van der Waals surface area (Å²) in [5.41, 5.74) is 1.15. The third-order valence-corrected chi connectivity index (χ3v) is 4.59. The fraction of sp³-hybridized carbons (Fsp3) is 0.556. The van der Waals surface area contributed by atoms with E-state index in [4.69, 9.17) is 5.11 Å². The summed E-state index contributed by atoms with van der Waals surface area (Å²) in [6, 6.07) is 7.41. The molecule has 126 valence electrons. The van der Waals surface area contributed by atoms with Crippen molar-refractivity contribution in [1.29, 1.82) is 0 Å². The van der Waals surface area contributed by atoms with Gasteiger partial charge in [0.15, 0.2) is 0 Å². The Kier molecular flexibility index (Phi) is 5.77. The minimum absolute atomic E-state index is 0.0434. The van der Waals surface area contributed by atoms with E-state index in [9.17, 15) is 9.59 Å². The zero-order valence-corrected chi connectivity index (χ0v) is 14.0. The number of hydrogen-bond donors (Lipinski definition) is 2. The zero-order valence-electron chi connectivity index (χ0n) is 14.0. The fourth-order valence-electron chi connectivity index (χ4n) is 2.82. The van der Waals surface area contributed by atoms with Crippen LogP contribution in [0, 0.1) is 0 Å². The smallest absolute Gasteiger partial charge is 0.251 e. The van der Waals surface area contributed by atoms with Crippen molar-refractivity contribution in [2.75, 3.05) is 13.2 Å². The molecule has 1 heterocycles. The molecule has 2 rings (SSSR count). The van der Waals surface area contributed by atoms with Crippen molar-refractivity contribution in [3.8, 4) is 0 Å². The number of hydrogen-bond acceptors (Lipinski definition) is 3. The Morgan fingerprint density at radius 1 is 1.43 bits per heavy atom. The second-order valence-corrected chi connectivity index (χ2v) is 6.46. The maximum atomic E-state index is 12.5. The largest absolute Gasteiger partial charge is 0.396 e. The average Bonchev–Trinajstić information content (AvgIpc) is 2.93. The Labute approximate surface area is 137 Å². The average molecular weight is 318 g/mol. The highest BCUT2D eigenvalue weighted by molar-refractivity contribution is 5.94. The summed E-state index contributed by atoms with van der Waals surface area (Å²) < 4.78 is 0. The SMILES string of the molecule is CCC(C)(CCO)NC(=O)c1cccc(CN2CCCC2=O)c1. The number of amides is 2. The molecule has 1 atom stereocenters. The molecule has 1 aromatic carbocycles. The normalized spacial score (nSPS) is 17.2. The quantitative estimate of drug-likeness (QED) is 0.809. The van der Waals surface area contributed by atoms with Crippen molar-refractivity contribution < 1.29 is 14.7 Å². The lowest BCUT2D eigenvalue weighted by Gasteiger charge is -2.29. The van der Waals surface area contributed by atoms with Gasteiger partial charge in [0, 0.05) is 37.2 Å². The second kappa shape index (κ2) is 7.59. The van der Waals surface area contributed by atoms with Gasteiger partial charge in [-0.05, 0) is 43.9 Å². The van der Waals surface area contributed by atoms with Gasteiger partial charge in [-0.2, -0.15) is 0 Å². The van der Waals surface area contributed by atoms with Crippen molar-refractivity contribution in [1.82, 2.24) is 10.2 Å². The lowest BCUT2D eigenvalue weighted by molar-refractivity contribution is -0.128. The molecule has 1 unspecified atom stereocenters. The minimum atomic E-state index is -0.410. The summed E-state index contributed by atoms with van der Waals surface area (Å²) in [5.74, 6) is 0.0405. The van der Waals surface area contributed by atoms with Crippen LogP contribution in [0.15, 0.2) is 24.3 Å². The first-order valence-electron chi connectivity index (χ1n) is 8.27. The number of carbonyl (C=O) groups excluding carboxylic acids is 2. The molecule has 1 saturated heterocycles. The number of nitrogens with zero attached hydrogens (tertiary/aromatic N) is 1. The molecular formula is C18H26N2O3. The molecule has 0 bridgehead atoms. The molecule has 0 aromatic heterocycles. The molecule has 2 amide bonds. The molecule has 1 fully saturated rings. The maximum absolute atomic E-state index is 12.5. The highest BCUT2D eigenvalue weighted by atomic mass is 16.3. The number of rotatable bonds is 7. The van der Waals surface area contributed by atoms with Gasteiger partial charge in [-0.25, -0.2) is 0 Å². The Bertz CT molecular complexity index is 573. The van der Waals surface area contributed by atoms with Crippen LogP contribution in [-0.4, -0.2) is 40.5 Å². The van der Waals surface area contributed by atoms with E-state index < -0.39 is 5.54 Å². The summed E-state index contributed by atoms with van der Waals surface area (Å²) in [6.07, 6.45) is 2.81. The first-order valence-corrected chi connectivity index (χ1v) is 8.27. The summed E-state index contributed by atoms with van der Waals surface area (Å²) in [6.45, 7) is 5.32. The van der Waals surface area contributed by atoms with Crippen LogP contribution in [0.5, 0.6) is 0 Å². The first-order chi connectivity index (χ1) is 11.0. The van der Waals surface area contributed by atoms with Crippen LogP contribution < -0.4 is 5.32 Å². The van der Waals surface area contributed by atoms with Gasteiger partial charge in [0.1, 0.15) is 0 Å². The Morgan fingerprint density at radius 3 is 2.83 bits per heavy atom. The van der Waals surface area contributed by atoms with Crippen LogP contribution >= 0.6 is 0 Å². The summed E-state index contributed by atoms with van der Waals surface area (Å²) in [4.78, 5) is 26.0. The van der Waals surface area contributed by atoms with E-state index in [0.717, 1.165) is 24.9 Å². The molecule has 1 aliphatic rings. The van der Waals surface area contributed by atoms with Gasteiger partial charge in [0.25, 0.3) is 5.91 Å². The van der Waals surface area contributed by atoms with Crippen molar-refractivity contribution >= 4 is 11.8 Å². The van der Waals surface area contributed by atoms with E-state index in [1.54, 1.807) is 6.07 Å². The van der Waals surface area contributed by atoms with E-state index in [1.165, 1.54) is 0 Å². The van der Waals surface area contributed by atoms with Crippen LogP contribution in [0.3, 0.4) is 0 Å². The van der Waals surface area contributed by atoms with Crippen LogP contribution in [-0.2, 0) is 11.3 Å². The molecule has 23 heavy (non-hydrogen) atoms. The topological polar surface area (TPSA) is 69.6 Å². The predicted octanol–water partition coefficient (Wildman–Crippen LogP) is 2.09. The molecule has 1 aliphatic heterocycles. The van der Waals surface area contributed by atoms with E-state index in [0.29, 0.717) is 24.9 Å². The molecule has 0 radical (unpaired) electrons. The van der Waals surface area contributed by atoms with Crippen molar-refractivity contribution in [3.63, 3.8) is 0 Å². The van der Waals surface area contributed by atoms with Gasteiger partial charge in [-0.1, -0.05) is 19.1 Å². The highest BCUT2D eigenvalue weighted by Crippen LogP contribution is 2.17. The molecular weight excluding hydrogens is 292 g/mol. The first kappa shape index (κ1) is 17.5. The number of aliphatic hydroxyl groups is 1. The van der Waals surface area contributed by atoms with E-state index in [2.05, 4.69) is 5.32 Å². The molecule has 1 aromatic rings. The van der Waals surface area contributed by atoms with Gasteiger partial charge in [-0.15, -0.1) is 0 Å². The molecule has 0 spiro atoms. The lowest BCUT2D eigenvalue weighted by atomic mass is 9.94. The van der Waals surface area contributed by atoms with Gasteiger partial charge < -0.3 is 15.3 Å². The molecule has 5 nitrogen and oxygen atoms in total. The maximum Gasteiger partial charge on any atom is 0.251 e. The monoisotopic (exact) mass is 318 g/mol. The number of aliphatic hydroxyl groups excluding tert-OH is 1. The second-order valence-electron chi connectivity index (χ2n) is 6.46. The summed E-state index contributed by atoms with van der Waals surface area (Å²) in [7, 11) is 0. The number of nitrogens with one attached hydrogen (secondary N) is 1. The van der Waals surface area contributed by atoms with Crippen molar-refractivity contribution in [3.05, 3.63) is 35.4 Å². The van der Waals surface area contributed by atoms with Gasteiger partial charge in [0.2, 0.25) is 5.91 Å². The number of likely N-dealkylation sites (tertiary alicyclic amines) is 1. The molecule has 0 aliphatic carbocycles. The van der Waals surface area contributed by atoms with Crippen molar-refractivity contribution in [2.24, 2.45) is 0 Å². The minimum Gasteiger partial charge on any atom is -0.396 e. The van der Waals surface area contributed by atoms with Crippen LogP contribution in [0.25, 0.3) is 0 Å². The van der Waals surface area contributed by atoms with Crippen LogP contribution in [0.2, 0.25) is 0 Å². The van der Waals surface area contributed by atoms with Crippen LogP contribution in [0.4, 0.5) is 0 Å². The highest BCUT2D eigenvalue weighted by Gasteiger charge is 2.25. The van der Waals surface area contributed by atoms with E-state index in [1.807, 2.05) is 36.9 Å². The summed E-state index contributed by atoms with van der Waals surface area (Å²) in [5, 5.41) is 12.2. The Hall–Kier alpha value is -1.88. The summed E-state index contributed by atoms with van der Waals surface area (Å²) >= 11 is 0. The molecule has 2 N–H and O–H groups in total. The van der Waals surface area contributed by atoms with Crippen molar-refractivity contribution in [2.45, 2.75) is 51.6 Å². The number of benzene rings is 1. The van der Waals surface area contributed by atoms with Crippen LogP contribution in [0.1, 0.15) is 55.5 Å². The standard InChI is InChI=1S/C18H26N2O3/c1-3-18(2,9-11-21)19-17(23)15-7-4-6-14(12-15)13-20-10-5-8-16(20)22/h4,6-7,12,21H,3,5,8-11,13H2,1-2H3,(H,19,23). The van der Waals surface area contributed by atoms with E-state index in [-0.39, 0.29) is 18.4 Å². The van der Waals surface area contributed by atoms with Gasteiger partial charge >= 0.3 is 0 Å². The zero-order chi connectivity index (χ0) is 16.9. The lowest BCUT2D eigenvalue weighted by Crippen LogP contribution is -2.46. The molecule has 5 heteroatoms. The van der Waals surface area contributed by atoms with E-state index >= 15 is 0 Å². The Balaban J connectivity index is 2.06. The predicted molar refractivity (Wildman–Crippen MR) is 89.0 cm³/mol. The van der Waals surface area contributed by atoms with Gasteiger partial charge in [0.05, 0.1) is 0 Å². The Morgan fingerprint density at radius 2 is 2.22 bits per heavy atom. The van der Waals surface area contributed by atoms with Gasteiger partial charge in [-0.3, -0.25) is 9.59 Å². The number of carbonyl (C=O) groups is 2. The third-order valence-electron chi connectivity index (χ3n) is 4.59. The third kappa shape index (κ3) is 4.55.